The van der Waals surface area contributed by atoms with E-state index in [1.165, 1.54) is 19.8 Å². The minimum Gasteiger partial charge on any atom is -0.342 e. The molecule has 4 nitrogen and oxygen atoms in total. The Bertz CT molecular complexity index is 492. The molecule has 1 aromatic rings. The van der Waals surface area contributed by atoms with Crippen LogP contribution in [0.25, 0.3) is 0 Å². The Morgan fingerprint density at radius 2 is 1.90 bits per heavy atom. The molecular weight excluding hydrogens is 264 g/mol. The number of rotatable bonds is 7. The van der Waals surface area contributed by atoms with Crippen LogP contribution >= 0.6 is 0 Å². The first kappa shape index (κ1) is 15.5. The molecule has 0 radical (unpaired) electrons. The number of nitrogens with zero attached hydrogens (tertiary/aromatic N) is 1. The summed E-state index contributed by atoms with van der Waals surface area (Å²) in [6.45, 7) is 5.35. The quantitative estimate of drug-likeness (QED) is 0.838. The topological polar surface area (TPSA) is 49.4 Å². The minimum atomic E-state index is -0.0858. The first-order chi connectivity index (χ1) is 10.1. The molecule has 1 saturated carbocycles. The summed E-state index contributed by atoms with van der Waals surface area (Å²) >= 11 is 0. The first-order valence-electron chi connectivity index (χ1n) is 7.72. The molecule has 0 heterocycles. The van der Waals surface area contributed by atoms with E-state index < -0.39 is 0 Å². The van der Waals surface area contributed by atoms with Gasteiger partial charge in [0.2, 0.25) is 11.8 Å². The lowest BCUT2D eigenvalue weighted by molar-refractivity contribution is -0.130. The molecule has 0 unspecified atom stereocenters. The maximum atomic E-state index is 12.4. The van der Waals surface area contributed by atoms with Crippen LogP contribution in [0.3, 0.4) is 0 Å². The summed E-state index contributed by atoms with van der Waals surface area (Å²) in [5.41, 5.74) is 1.76. The van der Waals surface area contributed by atoms with Crippen molar-refractivity contribution in [1.29, 1.82) is 0 Å². The highest BCUT2D eigenvalue weighted by Crippen LogP contribution is 2.30. The highest BCUT2D eigenvalue weighted by atomic mass is 16.2. The first-order valence-corrected chi connectivity index (χ1v) is 7.72. The zero-order valence-corrected chi connectivity index (χ0v) is 12.9. The molecule has 21 heavy (non-hydrogen) atoms. The van der Waals surface area contributed by atoms with Crippen molar-refractivity contribution in [2.24, 2.45) is 5.92 Å². The molecule has 1 aromatic carbocycles. The number of benzene rings is 1. The Labute approximate surface area is 126 Å². The third kappa shape index (κ3) is 5.21. The van der Waals surface area contributed by atoms with Gasteiger partial charge in [-0.15, -0.1) is 0 Å². The minimum absolute atomic E-state index is 0.0858. The van der Waals surface area contributed by atoms with Gasteiger partial charge in [0.1, 0.15) is 0 Å². The van der Waals surface area contributed by atoms with E-state index in [0.29, 0.717) is 6.42 Å². The summed E-state index contributed by atoms with van der Waals surface area (Å²) < 4.78 is 0. The van der Waals surface area contributed by atoms with E-state index in [2.05, 4.69) is 12.2 Å². The molecule has 0 aliphatic heterocycles. The summed E-state index contributed by atoms with van der Waals surface area (Å²) in [6, 6.07) is 7.50. The van der Waals surface area contributed by atoms with Gasteiger partial charge in [0, 0.05) is 25.7 Å². The maximum absolute atomic E-state index is 12.4. The number of nitrogens with one attached hydrogen (secondary N) is 1. The smallest absolute Gasteiger partial charge is 0.226 e. The fourth-order valence-electron chi connectivity index (χ4n) is 2.40. The molecule has 2 amide bonds. The molecule has 0 bridgehead atoms. The van der Waals surface area contributed by atoms with Gasteiger partial charge in [-0.25, -0.2) is 0 Å². The van der Waals surface area contributed by atoms with Crippen molar-refractivity contribution < 1.29 is 9.59 Å². The lowest BCUT2D eigenvalue weighted by Crippen LogP contribution is -2.34. The maximum Gasteiger partial charge on any atom is 0.226 e. The van der Waals surface area contributed by atoms with Gasteiger partial charge in [0.05, 0.1) is 6.42 Å². The van der Waals surface area contributed by atoms with Crippen molar-refractivity contribution in [2.75, 3.05) is 18.4 Å². The largest absolute Gasteiger partial charge is 0.342 e. The van der Waals surface area contributed by atoms with E-state index in [1.54, 1.807) is 0 Å². The number of amides is 2. The second-order valence-electron chi connectivity index (χ2n) is 5.84. The molecule has 114 valence electrons. The summed E-state index contributed by atoms with van der Waals surface area (Å²) in [5.74, 6) is 0.844. The third-order valence-corrected chi connectivity index (χ3v) is 3.65. The Kier molecular flexibility index (Phi) is 5.37. The van der Waals surface area contributed by atoms with Gasteiger partial charge < -0.3 is 10.2 Å². The molecule has 0 aromatic heterocycles. The van der Waals surface area contributed by atoms with Crippen molar-refractivity contribution in [1.82, 2.24) is 4.90 Å². The average Bonchev–Trinajstić information content (AvgIpc) is 3.24. The Balaban J connectivity index is 1.91. The van der Waals surface area contributed by atoms with E-state index in [-0.39, 0.29) is 11.8 Å². The lowest BCUT2D eigenvalue weighted by atomic mass is 10.1. The van der Waals surface area contributed by atoms with E-state index >= 15 is 0 Å². The summed E-state index contributed by atoms with van der Waals surface area (Å²) in [5, 5.41) is 2.73. The monoisotopic (exact) mass is 288 g/mol. The van der Waals surface area contributed by atoms with E-state index in [4.69, 9.17) is 0 Å². The van der Waals surface area contributed by atoms with Gasteiger partial charge in [-0.3, -0.25) is 9.59 Å². The summed E-state index contributed by atoms with van der Waals surface area (Å²) in [4.78, 5) is 25.4. The van der Waals surface area contributed by atoms with Crippen LogP contribution in [0.4, 0.5) is 5.69 Å². The fraction of sp³-hybridized carbons (Fsp3) is 0.529. The number of hydrogen-bond acceptors (Lipinski definition) is 2. The Hall–Kier alpha value is -1.84. The van der Waals surface area contributed by atoms with Gasteiger partial charge in [-0.05, 0) is 42.9 Å². The van der Waals surface area contributed by atoms with Gasteiger partial charge in [-0.2, -0.15) is 0 Å². The predicted octanol–water partition coefficient (Wildman–Crippen LogP) is 2.84. The van der Waals surface area contributed by atoms with E-state index in [9.17, 15) is 9.59 Å². The molecular formula is C17H24N2O2. The average molecular weight is 288 g/mol. The van der Waals surface area contributed by atoms with Crippen molar-refractivity contribution in [2.45, 2.75) is 39.5 Å². The van der Waals surface area contributed by atoms with Crippen LogP contribution in [0.5, 0.6) is 0 Å². The second kappa shape index (κ2) is 7.25. The molecule has 1 fully saturated rings. The number of anilines is 1. The molecule has 2 rings (SSSR count). The molecule has 4 heteroatoms. The number of carbonyl (C=O) groups is 2. The predicted molar refractivity (Wildman–Crippen MR) is 84.0 cm³/mol. The highest BCUT2D eigenvalue weighted by Gasteiger charge is 2.26. The molecule has 0 saturated heterocycles. The summed E-state index contributed by atoms with van der Waals surface area (Å²) in [7, 11) is 0. The normalized spacial score (nSPS) is 13.8. The van der Waals surface area contributed by atoms with Crippen LogP contribution in [0.2, 0.25) is 0 Å². The molecule has 1 N–H and O–H groups in total. The molecule has 0 spiro atoms. The SMILES string of the molecule is CCCN(CC1CC1)C(=O)Cc1ccc(NC(C)=O)cc1. The van der Waals surface area contributed by atoms with Crippen LogP contribution < -0.4 is 5.32 Å². The fourth-order valence-corrected chi connectivity index (χ4v) is 2.40. The van der Waals surface area contributed by atoms with Crippen molar-refractivity contribution in [3.63, 3.8) is 0 Å². The van der Waals surface area contributed by atoms with Crippen LogP contribution in [0, 0.1) is 5.92 Å². The zero-order valence-electron chi connectivity index (χ0n) is 12.9. The Morgan fingerprint density at radius 1 is 1.24 bits per heavy atom. The van der Waals surface area contributed by atoms with Gasteiger partial charge >= 0.3 is 0 Å². The summed E-state index contributed by atoms with van der Waals surface area (Å²) in [6.07, 6.45) is 3.96. The standard InChI is InChI=1S/C17H24N2O2/c1-3-10-19(12-15-4-5-15)17(21)11-14-6-8-16(9-7-14)18-13(2)20/h6-9,15H,3-5,10-12H2,1-2H3,(H,18,20). The van der Waals surface area contributed by atoms with Crippen LogP contribution in [0.15, 0.2) is 24.3 Å². The van der Waals surface area contributed by atoms with Crippen molar-refractivity contribution in [3.8, 4) is 0 Å². The van der Waals surface area contributed by atoms with Crippen LogP contribution in [-0.2, 0) is 16.0 Å². The van der Waals surface area contributed by atoms with Crippen LogP contribution in [-0.4, -0.2) is 29.8 Å². The molecule has 1 aliphatic carbocycles. The zero-order chi connectivity index (χ0) is 15.2. The van der Waals surface area contributed by atoms with Gasteiger partial charge in [0.15, 0.2) is 0 Å². The third-order valence-electron chi connectivity index (χ3n) is 3.65. The van der Waals surface area contributed by atoms with Crippen molar-refractivity contribution >= 4 is 17.5 Å². The van der Waals surface area contributed by atoms with Gasteiger partial charge in [-0.1, -0.05) is 19.1 Å². The van der Waals surface area contributed by atoms with Crippen LogP contribution in [0.1, 0.15) is 38.7 Å². The second-order valence-corrected chi connectivity index (χ2v) is 5.84. The lowest BCUT2D eigenvalue weighted by Gasteiger charge is -2.22. The van der Waals surface area contributed by atoms with Crippen molar-refractivity contribution in [3.05, 3.63) is 29.8 Å². The van der Waals surface area contributed by atoms with E-state index in [1.807, 2.05) is 29.2 Å². The number of carbonyl (C=O) groups excluding carboxylic acids is 2. The van der Waals surface area contributed by atoms with Gasteiger partial charge in [0.25, 0.3) is 0 Å². The molecule has 1 aliphatic rings. The number of hydrogen-bond donors (Lipinski definition) is 1. The highest BCUT2D eigenvalue weighted by molar-refractivity contribution is 5.88. The Morgan fingerprint density at radius 3 is 2.43 bits per heavy atom. The molecule has 0 atom stereocenters. The van der Waals surface area contributed by atoms with E-state index in [0.717, 1.165) is 36.7 Å².